The number of fused-ring (bicyclic) bond motifs is 1. The minimum absolute atomic E-state index is 0.0173. The number of ether oxygens (including phenoxy) is 2. The Bertz CT molecular complexity index is 873. The van der Waals surface area contributed by atoms with Gasteiger partial charge in [0.15, 0.2) is 4.87 Å². The van der Waals surface area contributed by atoms with E-state index >= 15 is 0 Å². The molecule has 0 bridgehead atoms. The number of nitrogens with zero attached hydrogens (tertiary/aromatic N) is 1. The average Bonchev–Trinajstić information content (AvgIpc) is 2.69. The lowest BCUT2D eigenvalue weighted by molar-refractivity contribution is -0.160. The van der Waals surface area contributed by atoms with E-state index in [2.05, 4.69) is 4.74 Å². The highest BCUT2D eigenvalue weighted by Gasteiger charge is 2.67. The van der Waals surface area contributed by atoms with Crippen molar-refractivity contribution in [2.75, 3.05) is 19.0 Å². The molecule has 11 heteroatoms. The van der Waals surface area contributed by atoms with Crippen molar-refractivity contribution in [3.8, 4) is 5.75 Å². The second-order valence-electron chi connectivity index (χ2n) is 6.03. The number of aliphatic carboxylic acids is 1. The van der Waals surface area contributed by atoms with Crippen LogP contribution in [0.25, 0.3) is 0 Å². The third-order valence-corrected chi connectivity index (χ3v) is 5.97. The highest BCUT2D eigenvalue weighted by Crippen LogP contribution is 2.49. The molecule has 28 heavy (non-hydrogen) atoms. The lowest BCUT2D eigenvalue weighted by Crippen LogP contribution is -2.80. The van der Waals surface area contributed by atoms with Crippen molar-refractivity contribution in [2.24, 2.45) is 11.5 Å². The van der Waals surface area contributed by atoms with Crippen LogP contribution < -0.4 is 16.2 Å². The molecule has 1 unspecified atom stereocenters. The summed E-state index contributed by atoms with van der Waals surface area (Å²) >= 11 is 0.994. The van der Waals surface area contributed by atoms with E-state index in [1.165, 1.54) is 0 Å². The van der Waals surface area contributed by atoms with E-state index < -0.39 is 53.6 Å². The molecule has 0 aromatic heterocycles. The molecule has 2 heterocycles. The second-order valence-corrected chi connectivity index (χ2v) is 7.23. The summed E-state index contributed by atoms with van der Waals surface area (Å²) in [5, 5.41) is 9.59. The molecular weight excluding hydrogens is 390 g/mol. The van der Waals surface area contributed by atoms with Gasteiger partial charge in [-0.05, 0) is 12.1 Å². The van der Waals surface area contributed by atoms with Crippen LogP contribution in [0.4, 0.5) is 4.79 Å². The zero-order chi connectivity index (χ0) is 20.5. The highest BCUT2D eigenvalue weighted by molar-refractivity contribution is 8.01. The first-order chi connectivity index (χ1) is 13.3. The normalized spacial score (nSPS) is 23.5. The summed E-state index contributed by atoms with van der Waals surface area (Å²) in [4.78, 5) is 47.1. The Balaban J connectivity index is 1.87. The fourth-order valence-electron chi connectivity index (χ4n) is 3.06. The van der Waals surface area contributed by atoms with Gasteiger partial charge in [-0.25, -0.2) is 9.59 Å². The molecule has 2 aliphatic heterocycles. The summed E-state index contributed by atoms with van der Waals surface area (Å²) in [6, 6.07) is 7.35. The van der Waals surface area contributed by atoms with Crippen molar-refractivity contribution >= 4 is 35.5 Å². The molecule has 2 aliphatic rings. The van der Waals surface area contributed by atoms with E-state index in [1.807, 2.05) is 0 Å². The first kappa shape index (κ1) is 19.7. The Kier molecular flexibility index (Phi) is 5.29. The smallest absolute Gasteiger partial charge is 0.404 e. The van der Waals surface area contributed by atoms with E-state index in [9.17, 15) is 24.3 Å². The number of carboxylic acid groups (broad SMARTS) is 1. The van der Waals surface area contributed by atoms with Gasteiger partial charge in [-0.2, -0.15) is 0 Å². The minimum atomic E-state index is -1.59. The molecule has 5 N–H and O–H groups in total. The molecule has 10 nitrogen and oxygen atoms in total. The van der Waals surface area contributed by atoms with Gasteiger partial charge >= 0.3 is 12.1 Å². The quantitative estimate of drug-likeness (QED) is 0.514. The predicted octanol–water partition coefficient (Wildman–Crippen LogP) is -0.319. The first-order valence-electron chi connectivity index (χ1n) is 8.11. The van der Waals surface area contributed by atoms with Gasteiger partial charge in [-0.15, -0.1) is 11.8 Å². The zero-order valence-corrected chi connectivity index (χ0v) is 15.3. The summed E-state index contributed by atoms with van der Waals surface area (Å²) in [6.45, 7) is -0.803. The van der Waals surface area contributed by atoms with Crippen LogP contribution in [0.3, 0.4) is 0 Å². The maximum atomic E-state index is 12.9. The molecule has 0 saturated carbocycles. The summed E-state index contributed by atoms with van der Waals surface area (Å²) in [6.07, 6.45) is -1.09. The number of β-lactam (4-membered cyclic amide) rings is 1. The Hall–Kier alpha value is -3.05. The number of ketones is 1. The standard InChI is InChI=1S/C17H17N3O7S/c18-13-14(22)20-12(15(23)24)9(6-27-16(19)25)8-28-17(13,20)11(21)7-26-10-4-2-1-3-5-10/h1-5,13H,6-8,18H2,(H2,19,25)(H,23,24)/t13?,17-/m1/s1. The van der Waals surface area contributed by atoms with Crippen LogP contribution in [0.2, 0.25) is 0 Å². The van der Waals surface area contributed by atoms with Gasteiger partial charge in [0.25, 0.3) is 0 Å². The molecule has 2 amide bonds. The maximum Gasteiger partial charge on any atom is 0.404 e. The third kappa shape index (κ3) is 3.18. The molecule has 1 saturated heterocycles. The highest BCUT2D eigenvalue weighted by atomic mass is 32.2. The monoisotopic (exact) mass is 407 g/mol. The maximum absolute atomic E-state index is 12.9. The lowest BCUT2D eigenvalue weighted by atomic mass is 9.88. The van der Waals surface area contributed by atoms with E-state index in [-0.39, 0.29) is 11.3 Å². The van der Waals surface area contributed by atoms with E-state index in [1.54, 1.807) is 30.3 Å². The lowest BCUT2D eigenvalue weighted by Gasteiger charge is -2.56. The van der Waals surface area contributed by atoms with Gasteiger partial charge in [0.1, 0.15) is 30.7 Å². The number of amides is 2. The van der Waals surface area contributed by atoms with Gasteiger partial charge in [0.05, 0.1) is 0 Å². The van der Waals surface area contributed by atoms with Gasteiger partial charge < -0.3 is 26.0 Å². The van der Waals surface area contributed by atoms with Crippen molar-refractivity contribution in [3.63, 3.8) is 0 Å². The molecule has 1 aromatic carbocycles. The largest absolute Gasteiger partial charge is 0.486 e. The third-order valence-electron chi connectivity index (χ3n) is 4.37. The number of primary amides is 1. The van der Waals surface area contributed by atoms with Gasteiger partial charge in [-0.3, -0.25) is 14.5 Å². The number of carboxylic acids is 1. The van der Waals surface area contributed by atoms with Crippen LogP contribution >= 0.6 is 11.8 Å². The van der Waals surface area contributed by atoms with Crippen LogP contribution in [0.15, 0.2) is 41.6 Å². The Labute approximate surface area is 163 Å². The molecule has 1 fully saturated rings. The molecule has 1 aromatic rings. The molecule has 0 aliphatic carbocycles. The molecule has 3 rings (SSSR count). The number of nitrogens with two attached hydrogens (primary N) is 2. The SMILES string of the molecule is NC(=O)OCC1=C(C(=O)O)N2C(=O)C(N)[C@@]2(C(=O)COc2ccccc2)SC1. The summed E-state index contributed by atoms with van der Waals surface area (Å²) < 4.78 is 10.1. The summed E-state index contributed by atoms with van der Waals surface area (Å²) in [5.41, 5.74) is 10.5. The first-order valence-corrected chi connectivity index (χ1v) is 9.10. The summed E-state index contributed by atoms with van der Waals surface area (Å²) in [5.74, 6) is -2.23. The van der Waals surface area contributed by atoms with Crippen molar-refractivity contribution in [1.82, 2.24) is 4.90 Å². The molecule has 148 valence electrons. The fraction of sp³-hybridized carbons (Fsp3) is 0.294. The average molecular weight is 407 g/mol. The number of Topliss-reactive ketones (excluding diaryl/α,β-unsaturated/α-hetero) is 1. The number of benzene rings is 1. The van der Waals surface area contributed by atoms with Gasteiger partial charge in [-0.1, -0.05) is 18.2 Å². The van der Waals surface area contributed by atoms with Crippen molar-refractivity contribution in [3.05, 3.63) is 41.6 Å². The summed E-state index contributed by atoms with van der Waals surface area (Å²) in [7, 11) is 0. The second kappa shape index (κ2) is 7.52. The van der Waals surface area contributed by atoms with Crippen LogP contribution in [-0.2, 0) is 19.1 Å². The van der Waals surface area contributed by atoms with E-state index in [0.29, 0.717) is 5.75 Å². The predicted molar refractivity (Wildman–Crippen MR) is 97.2 cm³/mol. The van der Waals surface area contributed by atoms with E-state index in [4.69, 9.17) is 16.2 Å². The van der Waals surface area contributed by atoms with Gasteiger partial charge in [0.2, 0.25) is 11.7 Å². The van der Waals surface area contributed by atoms with Crippen LogP contribution in [0.1, 0.15) is 0 Å². The number of hydrogen-bond acceptors (Lipinski definition) is 8. The molecular formula is C17H17N3O7S. The molecule has 0 radical (unpaired) electrons. The number of hydrogen-bond donors (Lipinski definition) is 3. The zero-order valence-electron chi connectivity index (χ0n) is 14.5. The van der Waals surface area contributed by atoms with Crippen LogP contribution in [0.5, 0.6) is 5.75 Å². The Morgan fingerprint density at radius 3 is 2.57 bits per heavy atom. The number of carbonyl (C=O) groups is 4. The van der Waals surface area contributed by atoms with Crippen molar-refractivity contribution in [1.29, 1.82) is 0 Å². The number of carbonyl (C=O) groups excluding carboxylic acids is 3. The Morgan fingerprint density at radius 2 is 1.96 bits per heavy atom. The molecule has 2 atom stereocenters. The minimum Gasteiger partial charge on any atom is -0.486 e. The van der Waals surface area contributed by atoms with E-state index in [0.717, 1.165) is 16.7 Å². The van der Waals surface area contributed by atoms with Crippen LogP contribution in [-0.4, -0.2) is 63.6 Å². The Morgan fingerprint density at radius 1 is 1.29 bits per heavy atom. The molecule has 0 spiro atoms. The number of para-hydroxylation sites is 1. The van der Waals surface area contributed by atoms with Crippen molar-refractivity contribution < 1.29 is 33.8 Å². The topological polar surface area (TPSA) is 162 Å². The fourth-order valence-corrected chi connectivity index (χ4v) is 4.49. The number of thioether (sulfide) groups is 1. The van der Waals surface area contributed by atoms with Gasteiger partial charge in [0, 0.05) is 11.3 Å². The van der Waals surface area contributed by atoms with Crippen LogP contribution in [0, 0.1) is 0 Å². The van der Waals surface area contributed by atoms with Crippen molar-refractivity contribution in [2.45, 2.75) is 10.9 Å². The number of rotatable bonds is 7.